The molecule has 1 spiro atoms. The summed E-state index contributed by atoms with van der Waals surface area (Å²) in [5, 5.41) is 14.3. The summed E-state index contributed by atoms with van der Waals surface area (Å²) < 4.78 is 13.1. The van der Waals surface area contributed by atoms with Crippen LogP contribution in [-0.4, -0.2) is 50.3 Å². The summed E-state index contributed by atoms with van der Waals surface area (Å²) in [6, 6.07) is 8.16. The van der Waals surface area contributed by atoms with Gasteiger partial charge < -0.3 is 15.3 Å². The molecule has 2 aliphatic heterocycles. The Morgan fingerprint density at radius 2 is 1.86 bits per heavy atom. The molecule has 3 heterocycles. The Balaban J connectivity index is 1.22. The number of rotatable bonds is 5. The first-order chi connectivity index (χ1) is 17.0. The predicted molar refractivity (Wildman–Crippen MR) is 141 cm³/mol. The van der Waals surface area contributed by atoms with Gasteiger partial charge in [0.05, 0.1) is 28.6 Å². The van der Waals surface area contributed by atoms with Crippen molar-refractivity contribution in [1.82, 2.24) is 9.97 Å². The number of benzene rings is 1. The first kappa shape index (κ1) is 23.4. The monoisotopic (exact) mass is 512 g/mol. The van der Waals surface area contributed by atoms with Gasteiger partial charge in [0.2, 0.25) is 5.95 Å². The highest BCUT2D eigenvalue weighted by Gasteiger charge is 2.45. The van der Waals surface area contributed by atoms with E-state index in [4.69, 9.17) is 21.6 Å². The molecule has 2 N–H and O–H groups in total. The molecule has 2 aromatic rings. The minimum absolute atomic E-state index is 0.0723. The van der Waals surface area contributed by atoms with Crippen LogP contribution in [0.4, 0.5) is 11.8 Å². The standard InChI is InChI=1S/C27H33ClN4O2S/c28-21-7-5-19(6-8-21)20-9-13-26(14-10-20)16-32(17-26)25-29-22-4-1-2-15-35(34)23(22)24(30-25)31-27(18-33)11-3-12-27/h5-9,33H,1-4,10-18H2,(H,29,30,31)/t35-/m0/s1. The van der Waals surface area contributed by atoms with Crippen LogP contribution in [0.2, 0.25) is 5.02 Å². The van der Waals surface area contributed by atoms with Crippen molar-refractivity contribution >= 4 is 39.7 Å². The lowest BCUT2D eigenvalue weighted by molar-refractivity contribution is 0.143. The molecule has 0 bridgehead atoms. The van der Waals surface area contributed by atoms with Crippen molar-refractivity contribution in [3.8, 4) is 0 Å². The number of nitrogens with zero attached hydrogens (tertiary/aromatic N) is 3. The molecule has 0 unspecified atom stereocenters. The summed E-state index contributed by atoms with van der Waals surface area (Å²) in [6.45, 7) is 1.97. The highest BCUT2D eigenvalue weighted by atomic mass is 35.5. The normalized spacial score (nSPS) is 24.6. The molecule has 1 saturated heterocycles. The molecule has 1 aromatic heterocycles. The number of allylic oxidation sites excluding steroid dienone is 2. The molecule has 2 fully saturated rings. The van der Waals surface area contributed by atoms with E-state index in [1.807, 2.05) is 12.1 Å². The zero-order valence-corrected chi connectivity index (χ0v) is 21.6. The zero-order chi connectivity index (χ0) is 24.0. The fourth-order valence-electron chi connectivity index (χ4n) is 5.99. The van der Waals surface area contributed by atoms with Gasteiger partial charge in [0.15, 0.2) is 0 Å². The molecule has 0 radical (unpaired) electrons. The summed E-state index contributed by atoms with van der Waals surface area (Å²) in [6.07, 6.45) is 11.4. The third-order valence-corrected chi connectivity index (χ3v) is 10.2. The van der Waals surface area contributed by atoms with E-state index in [2.05, 4.69) is 28.4 Å². The van der Waals surface area contributed by atoms with Crippen LogP contribution in [0.15, 0.2) is 35.2 Å². The second-order valence-electron chi connectivity index (χ2n) is 10.9. The summed E-state index contributed by atoms with van der Waals surface area (Å²) in [7, 11) is -1.10. The van der Waals surface area contributed by atoms with Gasteiger partial charge in [-0.3, -0.25) is 4.21 Å². The first-order valence-corrected chi connectivity index (χ1v) is 14.6. The summed E-state index contributed by atoms with van der Waals surface area (Å²) in [5.74, 6) is 2.09. The van der Waals surface area contributed by atoms with Crippen molar-refractivity contribution in [1.29, 1.82) is 0 Å². The van der Waals surface area contributed by atoms with E-state index in [0.717, 1.165) is 92.4 Å². The average molecular weight is 513 g/mol. The molecule has 1 saturated carbocycles. The Hall–Kier alpha value is -1.96. The molecule has 4 aliphatic rings. The Kier molecular flexibility index (Phi) is 6.14. The van der Waals surface area contributed by atoms with E-state index in [1.54, 1.807) is 0 Å². The SMILES string of the molecule is O=[S@]1CCCCc2nc(N3CC4(CC=C(c5ccc(Cl)cc5)CC4)C3)nc(NC3(CO)CCC3)c21. The van der Waals surface area contributed by atoms with Crippen molar-refractivity contribution < 1.29 is 9.32 Å². The van der Waals surface area contributed by atoms with E-state index in [9.17, 15) is 9.32 Å². The quantitative estimate of drug-likeness (QED) is 0.588. The van der Waals surface area contributed by atoms with Crippen molar-refractivity contribution in [2.75, 3.05) is 35.7 Å². The minimum Gasteiger partial charge on any atom is -0.394 e. The Labute approximate surface area is 214 Å². The van der Waals surface area contributed by atoms with Gasteiger partial charge >= 0.3 is 0 Å². The van der Waals surface area contributed by atoms with Crippen LogP contribution in [0.5, 0.6) is 0 Å². The van der Waals surface area contributed by atoms with E-state index in [0.29, 0.717) is 11.6 Å². The molecule has 186 valence electrons. The number of aromatic nitrogens is 2. The fourth-order valence-corrected chi connectivity index (χ4v) is 7.50. The Morgan fingerprint density at radius 3 is 2.51 bits per heavy atom. The number of fused-ring (bicyclic) bond motifs is 1. The predicted octanol–water partition coefficient (Wildman–Crippen LogP) is 4.97. The third kappa shape index (κ3) is 4.40. The Bertz CT molecular complexity index is 1170. The summed E-state index contributed by atoms with van der Waals surface area (Å²) in [4.78, 5) is 12.9. The molecule has 1 aromatic carbocycles. The van der Waals surface area contributed by atoms with Crippen LogP contribution in [0.3, 0.4) is 0 Å². The van der Waals surface area contributed by atoms with Gasteiger partial charge in [-0.1, -0.05) is 29.8 Å². The number of halogens is 1. The number of aliphatic hydroxyl groups is 1. The summed E-state index contributed by atoms with van der Waals surface area (Å²) in [5.41, 5.74) is 3.55. The zero-order valence-electron chi connectivity index (χ0n) is 20.1. The van der Waals surface area contributed by atoms with Crippen LogP contribution < -0.4 is 10.2 Å². The molecular weight excluding hydrogens is 480 g/mol. The van der Waals surface area contributed by atoms with Crippen LogP contribution in [-0.2, 0) is 17.2 Å². The number of aryl methyl sites for hydroxylation is 1. The fraction of sp³-hybridized carbons (Fsp3) is 0.556. The molecule has 35 heavy (non-hydrogen) atoms. The second kappa shape index (κ2) is 9.16. The minimum atomic E-state index is -1.10. The largest absolute Gasteiger partial charge is 0.394 e. The van der Waals surface area contributed by atoms with Crippen molar-refractivity contribution in [3.63, 3.8) is 0 Å². The van der Waals surface area contributed by atoms with Gasteiger partial charge in [0, 0.05) is 29.3 Å². The number of anilines is 2. The molecule has 6 rings (SSSR count). The first-order valence-electron chi connectivity index (χ1n) is 12.9. The lowest BCUT2D eigenvalue weighted by Gasteiger charge is -2.52. The average Bonchev–Trinajstić information content (AvgIpc) is 3.01. The lowest BCUT2D eigenvalue weighted by atomic mass is 9.69. The molecular formula is C27H33ClN4O2S. The highest BCUT2D eigenvalue weighted by molar-refractivity contribution is 7.85. The van der Waals surface area contributed by atoms with E-state index in [-0.39, 0.29) is 17.6 Å². The maximum atomic E-state index is 13.1. The maximum Gasteiger partial charge on any atom is 0.227 e. The molecule has 6 nitrogen and oxygen atoms in total. The molecule has 8 heteroatoms. The van der Waals surface area contributed by atoms with Gasteiger partial charge in [-0.05, 0) is 81.1 Å². The number of nitrogens with one attached hydrogen (secondary N) is 1. The molecule has 0 amide bonds. The third-order valence-electron chi connectivity index (χ3n) is 8.40. The van der Waals surface area contributed by atoms with E-state index in [1.165, 1.54) is 11.1 Å². The smallest absolute Gasteiger partial charge is 0.227 e. The van der Waals surface area contributed by atoms with Gasteiger partial charge in [-0.2, -0.15) is 4.98 Å². The van der Waals surface area contributed by atoms with E-state index < -0.39 is 10.8 Å². The lowest BCUT2D eigenvalue weighted by Crippen LogP contribution is -2.57. The highest BCUT2D eigenvalue weighted by Crippen LogP contribution is 2.47. The summed E-state index contributed by atoms with van der Waals surface area (Å²) >= 11 is 6.06. The number of hydrogen-bond acceptors (Lipinski definition) is 6. The van der Waals surface area contributed by atoms with Crippen molar-refractivity contribution in [2.24, 2.45) is 5.41 Å². The number of aliphatic hydroxyl groups excluding tert-OH is 1. The Morgan fingerprint density at radius 1 is 1.06 bits per heavy atom. The van der Waals surface area contributed by atoms with Crippen LogP contribution in [0.25, 0.3) is 5.57 Å². The van der Waals surface area contributed by atoms with Crippen LogP contribution in [0, 0.1) is 5.41 Å². The van der Waals surface area contributed by atoms with Crippen molar-refractivity contribution in [2.45, 2.75) is 68.2 Å². The van der Waals surface area contributed by atoms with E-state index >= 15 is 0 Å². The van der Waals surface area contributed by atoms with Crippen LogP contribution in [0.1, 0.15) is 62.6 Å². The van der Waals surface area contributed by atoms with Gasteiger partial charge in [-0.25, -0.2) is 4.98 Å². The van der Waals surface area contributed by atoms with Gasteiger partial charge in [0.25, 0.3) is 0 Å². The molecule has 1 atom stereocenters. The second-order valence-corrected chi connectivity index (χ2v) is 12.8. The van der Waals surface area contributed by atoms with Gasteiger partial charge in [-0.15, -0.1) is 0 Å². The van der Waals surface area contributed by atoms with Crippen molar-refractivity contribution in [3.05, 3.63) is 46.6 Å². The maximum absolute atomic E-state index is 13.1. The number of hydrogen-bond donors (Lipinski definition) is 2. The van der Waals surface area contributed by atoms with Gasteiger partial charge in [0.1, 0.15) is 10.7 Å². The topological polar surface area (TPSA) is 78.4 Å². The van der Waals surface area contributed by atoms with Crippen LogP contribution >= 0.6 is 11.6 Å². The molecule has 2 aliphatic carbocycles.